The first-order valence-corrected chi connectivity index (χ1v) is 5.52. The molecule has 0 heterocycles. The summed E-state index contributed by atoms with van der Waals surface area (Å²) in [6.07, 6.45) is 0. The summed E-state index contributed by atoms with van der Waals surface area (Å²) in [5.74, 6) is 0.910. The minimum atomic E-state index is 0.910. The van der Waals surface area contributed by atoms with Gasteiger partial charge in [0.1, 0.15) is 5.75 Å². The number of rotatable bonds is 1. The molecule has 2 rings (SSSR count). The van der Waals surface area contributed by atoms with Crippen LogP contribution in [-0.2, 0) is 0 Å². The smallest absolute Gasteiger partial charge is 0.118 e. The van der Waals surface area contributed by atoms with Crippen molar-refractivity contribution in [3.8, 4) is 5.75 Å². The Morgan fingerprint density at radius 2 is 0.938 bits per heavy atom. The summed E-state index contributed by atoms with van der Waals surface area (Å²) in [5.41, 5.74) is 0. The number of para-hydroxylation sites is 1. The molecule has 0 spiro atoms. The molecule has 2 aromatic carbocycles. The maximum Gasteiger partial charge on any atom is 0.118 e. The molecule has 0 saturated heterocycles. The Bertz CT molecular complexity index is 289. The van der Waals surface area contributed by atoms with Crippen LogP contribution in [0.5, 0.6) is 5.75 Å². The van der Waals surface area contributed by atoms with E-state index in [2.05, 4.69) is 0 Å². The van der Waals surface area contributed by atoms with Gasteiger partial charge in [-0.15, -0.1) is 0 Å². The van der Waals surface area contributed by atoms with Crippen molar-refractivity contribution in [3.63, 3.8) is 0 Å². The third-order valence-corrected chi connectivity index (χ3v) is 1.65. The van der Waals surface area contributed by atoms with E-state index in [1.807, 2.05) is 80.6 Å². The second kappa shape index (κ2) is 11.3. The minimum Gasteiger partial charge on any atom is -0.497 e. The first-order chi connectivity index (χ1) is 7.93. The highest BCUT2D eigenvalue weighted by atomic mass is 16.5. The molecular weight excluding hydrogens is 196 g/mol. The van der Waals surface area contributed by atoms with E-state index in [4.69, 9.17) is 4.74 Å². The fourth-order valence-corrected chi connectivity index (χ4v) is 0.941. The fraction of sp³-hybridized carbons (Fsp3) is 0.200. The molecule has 2 aromatic rings. The van der Waals surface area contributed by atoms with Crippen LogP contribution in [0.3, 0.4) is 0 Å². The highest BCUT2D eigenvalue weighted by Gasteiger charge is 1.80. The molecule has 0 aliphatic heterocycles. The van der Waals surface area contributed by atoms with Crippen molar-refractivity contribution in [2.24, 2.45) is 0 Å². The average molecular weight is 216 g/mol. The van der Waals surface area contributed by atoms with E-state index in [0.29, 0.717) is 0 Å². The van der Waals surface area contributed by atoms with Crippen LogP contribution in [0.4, 0.5) is 0 Å². The summed E-state index contributed by atoms with van der Waals surface area (Å²) in [4.78, 5) is 0. The lowest BCUT2D eigenvalue weighted by molar-refractivity contribution is 0.415. The topological polar surface area (TPSA) is 9.23 Å². The largest absolute Gasteiger partial charge is 0.497 e. The normalized spacial score (nSPS) is 7.69. The van der Waals surface area contributed by atoms with E-state index < -0.39 is 0 Å². The number of ether oxygens (including phenoxy) is 1. The Morgan fingerprint density at radius 3 is 1.19 bits per heavy atom. The first-order valence-electron chi connectivity index (χ1n) is 5.52. The second-order valence-electron chi connectivity index (χ2n) is 2.67. The zero-order chi connectivity index (χ0) is 12.1. The van der Waals surface area contributed by atoms with Crippen LogP contribution in [0, 0.1) is 0 Å². The van der Waals surface area contributed by atoms with Crippen molar-refractivity contribution in [2.45, 2.75) is 13.8 Å². The monoisotopic (exact) mass is 216 g/mol. The van der Waals surface area contributed by atoms with E-state index in [1.54, 1.807) is 7.11 Å². The SMILES string of the molecule is CC.COc1ccccc1.c1ccccc1. The van der Waals surface area contributed by atoms with Crippen molar-refractivity contribution in [1.82, 2.24) is 0 Å². The molecule has 0 aromatic heterocycles. The van der Waals surface area contributed by atoms with Gasteiger partial charge in [0.05, 0.1) is 7.11 Å². The van der Waals surface area contributed by atoms with E-state index in [9.17, 15) is 0 Å². The van der Waals surface area contributed by atoms with Gasteiger partial charge in [0.25, 0.3) is 0 Å². The maximum atomic E-state index is 4.91. The zero-order valence-corrected chi connectivity index (χ0v) is 10.3. The number of benzene rings is 2. The first kappa shape index (κ1) is 14.2. The van der Waals surface area contributed by atoms with Gasteiger partial charge in [-0.25, -0.2) is 0 Å². The summed E-state index contributed by atoms with van der Waals surface area (Å²) in [6, 6.07) is 21.7. The van der Waals surface area contributed by atoms with E-state index >= 15 is 0 Å². The van der Waals surface area contributed by atoms with Gasteiger partial charge < -0.3 is 4.74 Å². The molecule has 16 heavy (non-hydrogen) atoms. The van der Waals surface area contributed by atoms with Crippen LogP contribution in [-0.4, -0.2) is 7.11 Å². The highest BCUT2D eigenvalue weighted by Crippen LogP contribution is 2.05. The van der Waals surface area contributed by atoms with E-state index in [0.717, 1.165) is 5.75 Å². The molecule has 0 bridgehead atoms. The minimum absolute atomic E-state index is 0.910. The van der Waals surface area contributed by atoms with Gasteiger partial charge in [-0.1, -0.05) is 68.4 Å². The van der Waals surface area contributed by atoms with Gasteiger partial charge in [-0.3, -0.25) is 0 Å². The Balaban J connectivity index is 0.000000251. The van der Waals surface area contributed by atoms with Gasteiger partial charge in [0, 0.05) is 0 Å². The Labute approximate surface area is 98.7 Å². The second-order valence-corrected chi connectivity index (χ2v) is 2.67. The van der Waals surface area contributed by atoms with Crippen LogP contribution in [0.25, 0.3) is 0 Å². The Morgan fingerprint density at radius 1 is 0.625 bits per heavy atom. The lowest BCUT2D eigenvalue weighted by atomic mass is 10.3. The standard InChI is InChI=1S/C7H8O.C6H6.C2H6/c1-8-7-5-3-2-4-6-7;1-2-4-6-5-3-1;1-2/h2-6H,1H3;1-6H;1-2H3. The number of hydrogen-bond acceptors (Lipinski definition) is 1. The van der Waals surface area contributed by atoms with E-state index in [-0.39, 0.29) is 0 Å². The molecule has 1 heteroatoms. The summed E-state index contributed by atoms with van der Waals surface area (Å²) >= 11 is 0. The van der Waals surface area contributed by atoms with Crippen LogP contribution in [0.15, 0.2) is 66.7 Å². The van der Waals surface area contributed by atoms with Crippen LogP contribution in [0.1, 0.15) is 13.8 Å². The zero-order valence-electron chi connectivity index (χ0n) is 10.3. The van der Waals surface area contributed by atoms with Gasteiger partial charge >= 0.3 is 0 Å². The van der Waals surface area contributed by atoms with Crippen LogP contribution >= 0.6 is 0 Å². The molecule has 86 valence electrons. The van der Waals surface area contributed by atoms with Crippen LogP contribution in [0.2, 0.25) is 0 Å². The molecule has 0 amide bonds. The van der Waals surface area contributed by atoms with Crippen LogP contribution < -0.4 is 4.74 Å². The van der Waals surface area contributed by atoms with Gasteiger partial charge in [0.15, 0.2) is 0 Å². The maximum absolute atomic E-state index is 4.91. The number of hydrogen-bond donors (Lipinski definition) is 0. The van der Waals surface area contributed by atoms with Gasteiger partial charge in [-0.2, -0.15) is 0 Å². The van der Waals surface area contributed by atoms with Crippen molar-refractivity contribution in [2.75, 3.05) is 7.11 Å². The average Bonchev–Trinajstić information content (AvgIpc) is 2.44. The third-order valence-electron chi connectivity index (χ3n) is 1.65. The molecule has 0 N–H and O–H groups in total. The molecule has 0 atom stereocenters. The summed E-state index contributed by atoms with van der Waals surface area (Å²) in [6.45, 7) is 4.00. The van der Waals surface area contributed by atoms with Crippen molar-refractivity contribution in [1.29, 1.82) is 0 Å². The molecule has 0 radical (unpaired) electrons. The lowest BCUT2D eigenvalue weighted by Gasteiger charge is -1.93. The molecule has 1 nitrogen and oxygen atoms in total. The summed E-state index contributed by atoms with van der Waals surface area (Å²) < 4.78 is 4.91. The molecule has 0 aliphatic rings. The van der Waals surface area contributed by atoms with Crippen molar-refractivity contribution in [3.05, 3.63) is 66.7 Å². The predicted molar refractivity (Wildman–Crippen MR) is 70.8 cm³/mol. The predicted octanol–water partition coefficient (Wildman–Crippen LogP) is 4.41. The molecule has 0 aliphatic carbocycles. The Kier molecular flexibility index (Phi) is 10.1. The number of methoxy groups -OCH3 is 1. The van der Waals surface area contributed by atoms with Gasteiger partial charge in [-0.05, 0) is 12.1 Å². The summed E-state index contributed by atoms with van der Waals surface area (Å²) in [7, 11) is 1.66. The quantitative estimate of drug-likeness (QED) is 0.686. The van der Waals surface area contributed by atoms with Crippen molar-refractivity contribution >= 4 is 0 Å². The molecule has 0 fully saturated rings. The molecule has 0 unspecified atom stereocenters. The highest BCUT2D eigenvalue weighted by molar-refractivity contribution is 5.20. The lowest BCUT2D eigenvalue weighted by Crippen LogP contribution is -1.78. The summed E-state index contributed by atoms with van der Waals surface area (Å²) in [5, 5.41) is 0. The molecular formula is C15H20O. The van der Waals surface area contributed by atoms with Gasteiger partial charge in [0.2, 0.25) is 0 Å². The fourth-order valence-electron chi connectivity index (χ4n) is 0.941. The third kappa shape index (κ3) is 7.63. The van der Waals surface area contributed by atoms with Crippen molar-refractivity contribution < 1.29 is 4.74 Å². The molecule has 0 saturated carbocycles. The Hall–Kier alpha value is -1.76. The van der Waals surface area contributed by atoms with E-state index in [1.165, 1.54) is 0 Å².